The maximum atomic E-state index is 13.0. The second kappa shape index (κ2) is 6.30. The Morgan fingerprint density at radius 1 is 1.42 bits per heavy atom. The number of likely N-dealkylation sites (tertiary alicyclic amines) is 1. The molecule has 0 N–H and O–H groups in total. The largest absolute Gasteiger partial charge is 0.308 e. The van der Waals surface area contributed by atoms with Gasteiger partial charge in [-0.3, -0.25) is 4.79 Å². The maximum absolute atomic E-state index is 13.0. The number of piperidine rings is 1. The number of rotatable bonds is 3. The lowest BCUT2D eigenvalue weighted by molar-refractivity contribution is -0.119. The third-order valence-corrected chi connectivity index (χ3v) is 6.10. The summed E-state index contributed by atoms with van der Waals surface area (Å²) in [5, 5.41) is 3.02. The van der Waals surface area contributed by atoms with E-state index < -0.39 is 0 Å². The minimum atomic E-state index is 0.243. The Labute approximate surface area is 147 Å². The van der Waals surface area contributed by atoms with Crippen molar-refractivity contribution in [2.75, 3.05) is 25.0 Å². The molecule has 5 heteroatoms. The minimum absolute atomic E-state index is 0.243. The number of fused-ring (bicyclic) bond motifs is 3. The number of nitrogens with zero attached hydrogens (tertiary/aromatic N) is 3. The van der Waals surface area contributed by atoms with Crippen LogP contribution in [0.1, 0.15) is 34.9 Å². The highest BCUT2D eigenvalue weighted by molar-refractivity contribution is 7.09. The number of anilines is 1. The SMILES string of the molecule is Cc1ccc2c(c1)[C@@H]1CN(C)CC[C@H]1N2C(=O)CCc1nccs1. The van der Waals surface area contributed by atoms with Gasteiger partial charge in [-0.2, -0.15) is 0 Å². The van der Waals surface area contributed by atoms with Gasteiger partial charge in [-0.05, 0) is 38.6 Å². The summed E-state index contributed by atoms with van der Waals surface area (Å²) < 4.78 is 0. The van der Waals surface area contributed by atoms with Crippen molar-refractivity contribution in [3.05, 3.63) is 45.9 Å². The van der Waals surface area contributed by atoms with E-state index in [2.05, 4.69) is 47.0 Å². The average molecular weight is 341 g/mol. The molecule has 126 valence electrons. The number of carbonyl (C=O) groups is 1. The predicted molar refractivity (Wildman–Crippen MR) is 97.7 cm³/mol. The summed E-state index contributed by atoms with van der Waals surface area (Å²) in [4.78, 5) is 21.8. The number of aromatic nitrogens is 1. The highest BCUT2D eigenvalue weighted by atomic mass is 32.1. The first-order valence-electron chi connectivity index (χ1n) is 8.63. The lowest BCUT2D eigenvalue weighted by Gasteiger charge is -2.36. The zero-order valence-corrected chi connectivity index (χ0v) is 15.1. The molecule has 24 heavy (non-hydrogen) atoms. The van der Waals surface area contributed by atoms with E-state index in [1.807, 2.05) is 11.6 Å². The molecule has 2 aromatic rings. The Hall–Kier alpha value is -1.72. The zero-order chi connectivity index (χ0) is 16.7. The van der Waals surface area contributed by atoms with Gasteiger partial charge >= 0.3 is 0 Å². The molecule has 0 aliphatic carbocycles. The fourth-order valence-corrected chi connectivity index (χ4v) is 4.74. The van der Waals surface area contributed by atoms with Crippen LogP contribution in [0.3, 0.4) is 0 Å². The first-order valence-corrected chi connectivity index (χ1v) is 9.51. The van der Waals surface area contributed by atoms with Gasteiger partial charge in [-0.25, -0.2) is 4.98 Å². The van der Waals surface area contributed by atoms with Crippen molar-refractivity contribution in [2.45, 2.75) is 38.1 Å². The molecule has 1 aromatic carbocycles. The van der Waals surface area contributed by atoms with Crippen molar-refractivity contribution in [2.24, 2.45) is 0 Å². The lowest BCUT2D eigenvalue weighted by Crippen LogP contribution is -2.47. The molecule has 4 rings (SSSR count). The van der Waals surface area contributed by atoms with E-state index in [9.17, 15) is 4.79 Å². The Bertz CT molecular complexity index is 743. The van der Waals surface area contributed by atoms with E-state index >= 15 is 0 Å². The molecule has 0 spiro atoms. The summed E-state index contributed by atoms with van der Waals surface area (Å²) in [6.45, 7) is 4.23. The number of aryl methyl sites for hydroxylation is 2. The van der Waals surface area contributed by atoms with Crippen LogP contribution in [0.4, 0.5) is 5.69 Å². The normalized spacial score (nSPS) is 23.2. The van der Waals surface area contributed by atoms with Crippen molar-refractivity contribution in [1.82, 2.24) is 9.88 Å². The fourth-order valence-electron chi connectivity index (χ4n) is 4.12. The molecule has 1 saturated heterocycles. The highest BCUT2D eigenvalue weighted by Crippen LogP contribution is 2.45. The van der Waals surface area contributed by atoms with Crippen molar-refractivity contribution in [3.8, 4) is 0 Å². The van der Waals surface area contributed by atoms with Crippen LogP contribution >= 0.6 is 11.3 Å². The van der Waals surface area contributed by atoms with E-state index in [1.165, 1.54) is 11.1 Å². The lowest BCUT2D eigenvalue weighted by atomic mass is 9.89. The molecule has 1 aromatic heterocycles. The number of likely N-dealkylation sites (N-methyl/N-ethyl adjacent to an activating group) is 1. The fraction of sp³-hybridized carbons (Fsp3) is 0.474. The van der Waals surface area contributed by atoms with E-state index in [-0.39, 0.29) is 5.91 Å². The van der Waals surface area contributed by atoms with Crippen LogP contribution in [0.2, 0.25) is 0 Å². The predicted octanol–water partition coefficient (Wildman–Crippen LogP) is 3.22. The molecule has 0 radical (unpaired) electrons. The number of hydrogen-bond donors (Lipinski definition) is 0. The van der Waals surface area contributed by atoms with Crippen LogP contribution in [0.5, 0.6) is 0 Å². The van der Waals surface area contributed by atoms with Crippen molar-refractivity contribution in [1.29, 1.82) is 0 Å². The highest BCUT2D eigenvalue weighted by Gasteiger charge is 2.43. The molecule has 2 atom stereocenters. The summed E-state index contributed by atoms with van der Waals surface area (Å²) in [6, 6.07) is 6.87. The van der Waals surface area contributed by atoms with Crippen LogP contribution in [-0.2, 0) is 11.2 Å². The molecule has 2 aliphatic heterocycles. The number of hydrogen-bond acceptors (Lipinski definition) is 4. The van der Waals surface area contributed by atoms with Crippen LogP contribution < -0.4 is 4.90 Å². The summed E-state index contributed by atoms with van der Waals surface area (Å²) in [7, 11) is 2.18. The molecule has 1 fully saturated rings. The second-order valence-corrected chi connectivity index (χ2v) is 7.96. The first-order chi connectivity index (χ1) is 11.6. The van der Waals surface area contributed by atoms with Crippen LogP contribution in [0, 0.1) is 6.92 Å². The molecular weight excluding hydrogens is 318 g/mol. The van der Waals surface area contributed by atoms with E-state index in [4.69, 9.17) is 0 Å². The third kappa shape index (κ3) is 2.76. The van der Waals surface area contributed by atoms with E-state index in [0.29, 0.717) is 18.4 Å². The van der Waals surface area contributed by atoms with Crippen molar-refractivity contribution in [3.63, 3.8) is 0 Å². The van der Waals surface area contributed by atoms with Gasteiger partial charge in [-0.15, -0.1) is 11.3 Å². The minimum Gasteiger partial charge on any atom is -0.308 e. The van der Waals surface area contributed by atoms with Gasteiger partial charge in [0, 0.05) is 48.6 Å². The summed E-state index contributed by atoms with van der Waals surface area (Å²) in [6.07, 6.45) is 4.15. The molecular formula is C19H23N3OS. The number of amides is 1. The van der Waals surface area contributed by atoms with Gasteiger partial charge in [0.1, 0.15) is 0 Å². The Morgan fingerprint density at radius 2 is 2.29 bits per heavy atom. The van der Waals surface area contributed by atoms with E-state index in [0.717, 1.165) is 36.6 Å². The monoisotopic (exact) mass is 341 g/mol. The number of benzene rings is 1. The van der Waals surface area contributed by atoms with Gasteiger partial charge in [0.05, 0.1) is 5.01 Å². The average Bonchev–Trinajstić information content (AvgIpc) is 3.18. The standard InChI is InChI=1S/C19H23N3OS/c1-13-3-4-16-14(11-13)15-12-21(2)9-7-17(15)22(16)19(23)6-5-18-20-8-10-24-18/h3-4,8,10-11,15,17H,5-7,9,12H2,1-2H3/t15-,17+/m0/s1. The van der Waals surface area contributed by atoms with Crippen LogP contribution in [-0.4, -0.2) is 42.0 Å². The molecule has 4 nitrogen and oxygen atoms in total. The molecule has 2 aliphatic rings. The number of thiazole rings is 1. The Kier molecular flexibility index (Phi) is 4.14. The van der Waals surface area contributed by atoms with Crippen molar-refractivity contribution < 1.29 is 4.79 Å². The second-order valence-electron chi connectivity index (χ2n) is 6.98. The Morgan fingerprint density at radius 3 is 3.08 bits per heavy atom. The summed E-state index contributed by atoms with van der Waals surface area (Å²) >= 11 is 1.63. The van der Waals surface area contributed by atoms with Gasteiger partial charge in [0.25, 0.3) is 0 Å². The zero-order valence-electron chi connectivity index (χ0n) is 14.2. The van der Waals surface area contributed by atoms with E-state index in [1.54, 1.807) is 11.3 Å². The molecule has 3 heterocycles. The quantitative estimate of drug-likeness (QED) is 0.860. The molecule has 0 bridgehead atoms. The van der Waals surface area contributed by atoms with Crippen molar-refractivity contribution >= 4 is 22.9 Å². The molecule has 1 amide bonds. The van der Waals surface area contributed by atoms with Gasteiger partial charge in [0.2, 0.25) is 5.91 Å². The van der Waals surface area contributed by atoms with Crippen LogP contribution in [0.15, 0.2) is 29.8 Å². The smallest absolute Gasteiger partial charge is 0.227 e. The number of carbonyl (C=O) groups excluding carboxylic acids is 1. The van der Waals surface area contributed by atoms with Crippen LogP contribution in [0.25, 0.3) is 0 Å². The Balaban J connectivity index is 1.61. The summed E-state index contributed by atoms with van der Waals surface area (Å²) in [5.41, 5.74) is 3.77. The maximum Gasteiger partial charge on any atom is 0.227 e. The van der Waals surface area contributed by atoms with Gasteiger partial charge in [-0.1, -0.05) is 17.7 Å². The van der Waals surface area contributed by atoms with Gasteiger partial charge in [0.15, 0.2) is 0 Å². The first kappa shape index (κ1) is 15.8. The third-order valence-electron chi connectivity index (χ3n) is 5.26. The molecule has 0 unspecified atom stereocenters. The molecule has 0 saturated carbocycles. The van der Waals surface area contributed by atoms with Gasteiger partial charge < -0.3 is 9.80 Å². The topological polar surface area (TPSA) is 36.4 Å². The summed E-state index contributed by atoms with van der Waals surface area (Å²) in [5.74, 6) is 0.690.